The van der Waals surface area contributed by atoms with E-state index in [1.807, 2.05) is 32.0 Å². The lowest BCUT2D eigenvalue weighted by atomic mass is 9.83. The third kappa shape index (κ3) is 14.4. The molecule has 5 N–H and O–H groups in total. The van der Waals surface area contributed by atoms with Crippen molar-refractivity contribution >= 4 is 11.8 Å². The minimum Gasteiger partial charge on any atom is -0.493 e. The largest absolute Gasteiger partial charge is 0.493 e. The molecule has 1 aliphatic heterocycles. The van der Waals surface area contributed by atoms with Gasteiger partial charge in [0, 0.05) is 58.4 Å². The minimum absolute atomic E-state index is 0.0231. The van der Waals surface area contributed by atoms with Crippen LogP contribution in [0.2, 0.25) is 0 Å². The maximum absolute atomic E-state index is 13.5. The predicted molar refractivity (Wildman–Crippen MR) is 179 cm³/mol. The summed E-state index contributed by atoms with van der Waals surface area (Å²) < 4.78 is 16.8. The van der Waals surface area contributed by atoms with Gasteiger partial charge in [-0.05, 0) is 67.6 Å². The molecule has 1 aliphatic rings. The van der Waals surface area contributed by atoms with Crippen molar-refractivity contribution < 1.29 is 28.9 Å². The van der Waals surface area contributed by atoms with E-state index >= 15 is 0 Å². The summed E-state index contributed by atoms with van der Waals surface area (Å²) in [5.74, 6) is 0.432. The zero-order chi connectivity index (χ0) is 33.2. The first-order chi connectivity index (χ1) is 21.6. The fraction of sp³-hybridized carbons (Fsp3) is 0.771. The Balaban J connectivity index is 2.04. The second-order valence-electron chi connectivity index (χ2n) is 13.2. The van der Waals surface area contributed by atoms with Gasteiger partial charge in [0.25, 0.3) is 5.91 Å². The van der Waals surface area contributed by atoms with E-state index in [9.17, 15) is 14.7 Å². The summed E-state index contributed by atoms with van der Waals surface area (Å²) in [5.41, 5.74) is 8.12. The fourth-order valence-corrected chi connectivity index (χ4v) is 5.57. The lowest BCUT2D eigenvalue weighted by Crippen LogP contribution is -2.44. The molecule has 0 saturated carbocycles. The first-order valence-corrected chi connectivity index (χ1v) is 17.1. The number of amides is 2. The van der Waals surface area contributed by atoms with Crippen molar-refractivity contribution in [2.24, 2.45) is 29.4 Å². The molecule has 1 heterocycles. The van der Waals surface area contributed by atoms with E-state index in [0.717, 1.165) is 64.1 Å². The number of aliphatic hydroxyl groups is 1. The van der Waals surface area contributed by atoms with Crippen LogP contribution < -0.4 is 21.1 Å². The van der Waals surface area contributed by atoms with Crippen LogP contribution in [0, 0.1) is 23.7 Å². The van der Waals surface area contributed by atoms with Gasteiger partial charge < -0.3 is 35.7 Å². The van der Waals surface area contributed by atoms with Crippen molar-refractivity contribution in [3.8, 4) is 5.75 Å². The Labute approximate surface area is 272 Å². The van der Waals surface area contributed by atoms with Gasteiger partial charge in [-0.25, -0.2) is 0 Å². The van der Waals surface area contributed by atoms with Crippen molar-refractivity contribution in [1.82, 2.24) is 15.5 Å². The topological polar surface area (TPSA) is 135 Å². The van der Waals surface area contributed by atoms with Gasteiger partial charge in [-0.2, -0.15) is 0 Å². The molecule has 2 rings (SSSR count). The maximum Gasteiger partial charge on any atom is 0.255 e. The van der Waals surface area contributed by atoms with Crippen LogP contribution in [0.15, 0.2) is 18.2 Å². The van der Waals surface area contributed by atoms with E-state index in [1.165, 1.54) is 0 Å². The van der Waals surface area contributed by atoms with Crippen molar-refractivity contribution in [2.75, 3.05) is 59.7 Å². The third-order valence-corrected chi connectivity index (χ3v) is 8.80. The van der Waals surface area contributed by atoms with Crippen LogP contribution in [0.1, 0.15) is 89.1 Å². The smallest absolute Gasteiger partial charge is 0.255 e. The van der Waals surface area contributed by atoms with Gasteiger partial charge in [-0.3, -0.25) is 14.5 Å². The summed E-state index contributed by atoms with van der Waals surface area (Å²) in [6.45, 7) is 16.5. The Hall–Kier alpha value is -2.24. The van der Waals surface area contributed by atoms with Crippen molar-refractivity contribution in [3.63, 3.8) is 0 Å². The summed E-state index contributed by atoms with van der Waals surface area (Å²) >= 11 is 0. The first kappa shape index (κ1) is 38.9. The molecule has 4 atom stereocenters. The van der Waals surface area contributed by atoms with Crippen molar-refractivity contribution in [1.29, 1.82) is 0 Å². The highest BCUT2D eigenvalue weighted by molar-refractivity contribution is 5.97. The molecule has 1 aromatic carbocycles. The molecule has 0 radical (unpaired) electrons. The van der Waals surface area contributed by atoms with Crippen LogP contribution in [-0.2, 0) is 20.8 Å². The van der Waals surface area contributed by atoms with Crippen LogP contribution in [0.4, 0.5) is 0 Å². The van der Waals surface area contributed by atoms with Gasteiger partial charge in [0.15, 0.2) is 0 Å². The van der Waals surface area contributed by atoms with E-state index in [4.69, 9.17) is 19.9 Å². The van der Waals surface area contributed by atoms with Gasteiger partial charge in [-0.15, -0.1) is 0 Å². The number of methoxy groups -OCH3 is 1. The SMILES string of the molecule is CCCCNC(=O)C(CC(O)C(N)CC(CNC(=O)c1ccc(CN2CCOCC2)cc1OCCCCOC)C(C)C)C(C)C. The average molecular weight is 635 g/mol. The Morgan fingerprint density at radius 1 is 1.02 bits per heavy atom. The van der Waals surface area contributed by atoms with Gasteiger partial charge in [-0.1, -0.05) is 47.1 Å². The Morgan fingerprint density at radius 3 is 2.38 bits per heavy atom. The lowest BCUT2D eigenvalue weighted by Gasteiger charge is -2.30. The number of rotatable bonds is 22. The minimum atomic E-state index is -0.816. The molecule has 10 heteroatoms. The zero-order valence-electron chi connectivity index (χ0n) is 28.8. The molecule has 0 spiro atoms. The van der Waals surface area contributed by atoms with Gasteiger partial charge in [0.1, 0.15) is 5.75 Å². The monoisotopic (exact) mass is 634 g/mol. The number of nitrogens with zero attached hydrogens (tertiary/aromatic N) is 1. The highest BCUT2D eigenvalue weighted by Crippen LogP contribution is 2.25. The molecule has 0 aromatic heterocycles. The Kier molecular flexibility index (Phi) is 18.6. The summed E-state index contributed by atoms with van der Waals surface area (Å²) in [6, 6.07) is 5.32. The first-order valence-electron chi connectivity index (χ1n) is 17.1. The summed E-state index contributed by atoms with van der Waals surface area (Å²) in [7, 11) is 1.69. The predicted octanol–water partition coefficient (Wildman–Crippen LogP) is 3.98. The quantitative estimate of drug-likeness (QED) is 0.141. The molecular weight excluding hydrogens is 572 g/mol. The second kappa shape index (κ2) is 21.5. The number of ether oxygens (including phenoxy) is 3. The van der Waals surface area contributed by atoms with Crippen LogP contribution in [0.5, 0.6) is 5.75 Å². The number of nitrogens with two attached hydrogens (primary N) is 1. The molecule has 45 heavy (non-hydrogen) atoms. The second-order valence-corrected chi connectivity index (χ2v) is 13.2. The number of carbonyl (C=O) groups excluding carboxylic acids is 2. The number of morpholine rings is 1. The Bertz CT molecular complexity index is 985. The standard InChI is InChI=1S/C35H62N4O6/c1-7-8-13-37-35(42)30(26(4)5)22-32(40)31(36)21-28(25(2)3)23-38-34(41)29-12-11-27(24-39-14-18-44-19-15-39)20-33(29)45-17-10-9-16-43-6/h11-12,20,25-26,28,30-32,40H,7-10,13-19,21-24,36H2,1-6H3,(H,37,42)(H,38,41). The van der Waals surface area contributed by atoms with Crippen LogP contribution in [-0.4, -0.2) is 93.7 Å². The number of hydrogen-bond donors (Lipinski definition) is 4. The fourth-order valence-electron chi connectivity index (χ4n) is 5.57. The third-order valence-electron chi connectivity index (χ3n) is 8.80. The van der Waals surface area contributed by atoms with E-state index in [2.05, 4.69) is 36.3 Å². The average Bonchev–Trinajstić information content (AvgIpc) is 3.01. The molecular formula is C35H62N4O6. The Morgan fingerprint density at radius 2 is 1.73 bits per heavy atom. The summed E-state index contributed by atoms with van der Waals surface area (Å²) in [5, 5.41) is 17.2. The van der Waals surface area contributed by atoms with E-state index in [1.54, 1.807) is 7.11 Å². The molecule has 0 bridgehead atoms. The maximum atomic E-state index is 13.5. The van der Waals surface area contributed by atoms with Crippen molar-refractivity contribution in [2.45, 2.75) is 91.8 Å². The molecule has 258 valence electrons. The molecule has 0 aliphatic carbocycles. The zero-order valence-corrected chi connectivity index (χ0v) is 28.8. The summed E-state index contributed by atoms with van der Waals surface area (Å²) in [6.07, 6.45) is 3.69. The molecule has 2 amide bonds. The molecule has 10 nitrogen and oxygen atoms in total. The van der Waals surface area contributed by atoms with Crippen LogP contribution in [0.3, 0.4) is 0 Å². The van der Waals surface area contributed by atoms with E-state index in [0.29, 0.717) is 50.5 Å². The van der Waals surface area contributed by atoms with E-state index in [-0.39, 0.29) is 35.5 Å². The number of benzene rings is 1. The number of aliphatic hydroxyl groups excluding tert-OH is 1. The number of carbonyl (C=O) groups is 2. The van der Waals surface area contributed by atoms with Crippen molar-refractivity contribution in [3.05, 3.63) is 29.3 Å². The van der Waals surface area contributed by atoms with Gasteiger partial charge in [0.05, 0.1) is 31.5 Å². The van der Waals surface area contributed by atoms with Gasteiger partial charge >= 0.3 is 0 Å². The molecule has 1 fully saturated rings. The van der Waals surface area contributed by atoms with Crippen LogP contribution in [0.25, 0.3) is 0 Å². The normalized spacial score (nSPS) is 16.8. The molecule has 4 unspecified atom stereocenters. The van der Waals surface area contributed by atoms with Gasteiger partial charge in [0.2, 0.25) is 5.91 Å². The summed E-state index contributed by atoms with van der Waals surface area (Å²) in [4.78, 5) is 28.6. The lowest BCUT2D eigenvalue weighted by molar-refractivity contribution is -0.127. The number of hydrogen-bond acceptors (Lipinski definition) is 8. The molecule has 1 aromatic rings. The number of nitrogens with one attached hydrogen (secondary N) is 2. The highest BCUT2D eigenvalue weighted by atomic mass is 16.5. The molecule has 1 saturated heterocycles. The number of unbranched alkanes of at least 4 members (excludes halogenated alkanes) is 2. The highest BCUT2D eigenvalue weighted by Gasteiger charge is 2.30. The van der Waals surface area contributed by atoms with Crippen LogP contribution >= 0.6 is 0 Å². The van der Waals surface area contributed by atoms with E-state index < -0.39 is 12.1 Å².